The first kappa shape index (κ1) is 14.8. The van der Waals surface area contributed by atoms with Gasteiger partial charge in [0.05, 0.1) is 6.20 Å². The van der Waals surface area contributed by atoms with Crippen LogP contribution in [0.2, 0.25) is 0 Å². The van der Waals surface area contributed by atoms with E-state index in [1.54, 1.807) is 0 Å². The predicted octanol–water partition coefficient (Wildman–Crippen LogP) is 3.61. The molecule has 3 heteroatoms. The quantitative estimate of drug-likeness (QED) is 0.920. The molecule has 1 N–H and O–H groups in total. The van der Waals surface area contributed by atoms with Crippen molar-refractivity contribution in [1.82, 2.24) is 15.1 Å². The Morgan fingerprint density at radius 1 is 1.20 bits per heavy atom. The third-order valence-electron chi connectivity index (χ3n) is 3.83. The number of nitrogens with zero attached hydrogens (tertiary/aromatic N) is 2. The van der Waals surface area contributed by atoms with Crippen LogP contribution in [-0.4, -0.2) is 9.78 Å². The van der Waals surface area contributed by atoms with Gasteiger partial charge in [0.2, 0.25) is 0 Å². The van der Waals surface area contributed by atoms with Crippen molar-refractivity contribution < 1.29 is 0 Å². The highest BCUT2D eigenvalue weighted by Crippen LogP contribution is 2.32. The van der Waals surface area contributed by atoms with Gasteiger partial charge in [-0.05, 0) is 17.9 Å². The van der Waals surface area contributed by atoms with Gasteiger partial charge in [-0.1, -0.05) is 51.1 Å². The van der Waals surface area contributed by atoms with E-state index < -0.39 is 0 Å². The predicted molar refractivity (Wildman–Crippen MR) is 83.4 cm³/mol. The zero-order valence-electron chi connectivity index (χ0n) is 13.1. The summed E-state index contributed by atoms with van der Waals surface area (Å²) in [6.45, 7) is 9.77. The molecule has 0 spiro atoms. The number of benzene rings is 1. The number of rotatable bonds is 4. The monoisotopic (exact) mass is 271 g/mol. The molecule has 1 heterocycles. The highest BCUT2D eigenvalue weighted by molar-refractivity contribution is 5.22. The van der Waals surface area contributed by atoms with Crippen LogP contribution in [0.4, 0.5) is 0 Å². The molecule has 108 valence electrons. The molecule has 0 radical (unpaired) electrons. The van der Waals surface area contributed by atoms with Crippen LogP contribution in [0, 0.1) is 12.3 Å². The number of aromatic nitrogens is 2. The van der Waals surface area contributed by atoms with E-state index >= 15 is 0 Å². The molecule has 0 fully saturated rings. The highest BCUT2D eigenvalue weighted by Gasteiger charge is 2.25. The summed E-state index contributed by atoms with van der Waals surface area (Å²) in [5, 5.41) is 8.00. The molecule has 0 aliphatic rings. The second kappa shape index (κ2) is 5.80. The first-order valence-electron chi connectivity index (χ1n) is 7.15. The Morgan fingerprint density at radius 3 is 2.35 bits per heavy atom. The maximum Gasteiger partial charge on any atom is 0.0537 e. The molecule has 20 heavy (non-hydrogen) atoms. The lowest BCUT2D eigenvalue weighted by Crippen LogP contribution is -2.32. The van der Waals surface area contributed by atoms with Gasteiger partial charge in [-0.15, -0.1) is 0 Å². The Kier molecular flexibility index (Phi) is 4.29. The number of nitrogens with one attached hydrogen (secondary N) is 1. The van der Waals surface area contributed by atoms with E-state index in [4.69, 9.17) is 0 Å². The van der Waals surface area contributed by atoms with Gasteiger partial charge in [-0.2, -0.15) is 5.10 Å². The molecule has 2 aromatic rings. The fourth-order valence-electron chi connectivity index (χ4n) is 2.50. The molecule has 1 aromatic carbocycles. The summed E-state index contributed by atoms with van der Waals surface area (Å²) in [7, 11) is 1.98. The van der Waals surface area contributed by atoms with Gasteiger partial charge in [-0.3, -0.25) is 4.68 Å². The van der Waals surface area contributed by atoms with Gasteiger partial charge in [-0.25, -0.2) is 0 Å². The van der Waals surface area contributed by atoms with Gasteiger partial charge >= 0.3 is 0 Å². The molecule has 3 nitrogen and oxygen atoms in total. The van der Waals surface area contributed by atoms with Crippen molar-refractivity contribution >= 4 is 0 Å². The van der Waals surface area contributed by atoms with Crippen LogP contribution in [0.25, 0.3) is 0 Å². The fraction of sp³-hybridized carbons (Fsp3) is 0.471. The van der Waals surface area contributed by atoms with E-state index in [-0.39, 0.29) is 5.41 Å². The Morgan fingerprint density at radius 2 is 1.85 bits per heavy atom. The third kappa shape index (κ3) is 3.28. The summed E-state index contributed by atoms with van der Waals surface area (Å²) in [5.41, 5.74) is 3.98. The lowest BCUT2D eigenvalue weighted by atomic mass is 9.82. The van der Waals surface area contributed by atoms with Crippen molar-refractivity contribution in [1.29, 1.82) is 0 Å². The summed E-state index contributed by atoms with van der Waals surface area (Å²) in [5.74, 6) is 0. The van der Waals surface area contributed by atoms with E-state index in [9.17, 15) is 0 Å². The molecule has 0 amide bonds. The van der Waals surface area contributed by atoms with E-state index in [1.165, 1.54) is 16.8 Å². The topological polar surface area (TPSA) is 29.9 Å². The van der Waals surface area contributed by atoms with Crippen molar-refractivity contribution in [2.24, 2.45) is 12.5 Å². The SMILES string of the molecule is Cc1c(CNC(c2ccccc2)C(C)(C)C)cnn1C. The molecular weight excluding hydrogens is 246 g/mol. The summed E-state index contributed by atoms with van der Waals surface area (Å²) < 4.78 is 1.92. The molecule has 0 aliphatic heterocycles. The smallest absolute Gasteiger partial charge is 0.0537 e. The van der Waals surface area contributed by atoms with Crippen LogP contribution in [-0.2, 0) is 13.6 Å². The number of hydrogen-bond donors (Lipinski definition) is 1. The average Bonchev–Trinajstić information content (AvgIpc) is 2.70. The molecular formula is C17H25N3. The number of aryl methyl sites for hydroxylation is 1. The molecule has 0 saturated carbocycles. The van der Waals surface area contributed by atoms with Crippen molar-refractivity contribution in [3.63, 3.8) is 0 Å². The second-order valence-electron chi connectivity index (χ2n) is 6.47. The van der Waals surface area contributed by atoms with E-state index in [2.05, 4.69) is 68.4 Å². The largest absolute Gasteiger partial charge is 0.305 e. The Balaban J connectivity index is 2.16. The van der Waals surface area contributed by atoms with Gasteiger partial charge in [0.15, 0.2) is 0 Å². The van der Waals surface area contributed by atoms with Crippen molar-refractivity contribution in [3.05, 3.63) is 53.3 Å². The molecule has 1 aromatic heterocycles. The van der Waals surface area contributed by atoms with E-state index in [0.29, 0.717) is 6.04 Å². The third-order valence-corrected chi connectivity index (χ3v) is 3.83. The highest BCUT2D eigenvalue weighted by atomic mass is 15.3. The van der Waals surface area contributed by atoms with Gasteiger partial charge in [0.25, 0.3) is 0 Å². The lowest BCUT2D eigenvalue weighted by molar-refractivity contribution is 0.271. The second-order valence-corrected chi connectivity index (χ2v) is 6.47. The van der Waals surface area contributed by atoms with Crippen LogP contribution in [0.15, 0.2) is 36.5 Å². The molecule has 1 atom stereocenters. The fourth-order valence-corrected chi connectivity index (χ4v) is 2.50. The van der Waals surface area contributed by atoms with Crippen LogP contribution in [0.1, 0.15) is 43.6 Å². The first-order chi connectivity index (χ1) is 9.39. The zero-order valence-corrected chi connectivity index (χ0v) is 13.1. The molecule has 2 rings (SSSR count). The van der Waals surface area contributed by atoms with E-state index in [0.717, 1.165) is 6.54 Å². The van der Waals surface area contributed by atoms with Crippen molar-refractivity contribution in [2.75, 3.05) is 0 Å². The Bertz CT molecular complexity index is 549. The van der Waals surface area contributed by atoms with Crippen LogP contribution < -0.4 is 5.32 Å². The summed E-state index contributed by atoms with van der Waals surface area (Å²) >= 11 is 0. The van der Waals surface area contributed by atoms with Crippen molar-refractivity contribution in [2.45, 2.75) is 40.3 Å². The maximum atomic E-state index is 4.31. The van der Waals surface area contributed by atoms with Crippen LogP contribution in [0.5, 0.6) is 0 Å². The normalized spacial score (nSPS) is 13.4. The minimum Gasteiger partial charge on any atom is -0.305 e. The summed E-state index contributed by atoms with van der Waals surface area (Å²) in [6.07, 6.45) is 1.95. The molecule has 0 aliphatic carbocycles. The van der Waals surface area contributed by atoms with Crippen molar-refractivity contribution in [3.8, 4) is 0 Å². The lowest BCUT2D eigenvalue weighted by Gasteiger charge is -2.32. The summed E-state index contributed by atoms with van der Waals surface area (Å²) in [4.78, 5) is 0. The zero-order chi connectivity index (χ0) is 14.8. The Labute approximate surface area is 122 Å². The number of hydrogen-bond acceptors (Lipinski definition) is 2. The van der Waals surface area contributed by atoms with E-state index in [1.807, 2.05) is 17.9 Å². The van der Waals surface area contributed by atoms with Crippen LogP contribution >= 0.6 is 0 Å². The molecule has 0 bridgehead atoms. The van der Waals surface area contributed by atoms with Gasteiger partial charge < -0.3 is 5.32 Å². The average molecular weight is 271 g/mol. The minimum absolute atomic E-state index is 0.164. The first-order valence-corrected chi connectivity index (χ1v) is 7.15. The molecule has 0 saturated heterocycles. The van der Waals surface area contributed by atoms with Gasteiger partial charge in [0.1, 0.15) is 0 Å². The Hall–Kier alpha value is -1.61. The van der Waals surface area contributed by atoms with Gasteiger partial charge in [0, 0.05) is 30.9 Å². The standard InChI is InChI=1S/C17H25N3/c1-13-15(12-19-20(13)5)11-18-16(17(2,3)4)14-9-7-6-8-10-14/h6-10,12,16,18H,11H2,1-5H3. The maximum absolute atomic E-state index is 4.31. The molecule has 1 unspecified atom stereocenters. The van der Waals surface area contributed by atoms with Crippen LogP contribution in [0.3, 0.4) is 0 Å². The summed E-state index contributed by atoms with van der Waals surface area (Å²) in [6, 6.07) is 11.0. The minimum atomic E-state index is 0.164.